The second-order valence-electron chi connectivity index (χ2n) is 12.2. The number of carbonyl (C=O) groups excluding carboxylic acids is 1. The van der Waals surface area contributed by atoms with Crippen molar-refractivity contribution in [1.82, 2.24) is 16.0 Å². The molecule has 11 heteroatoms. The minimum Gasteiger partial charge on any atom is -0.381 e. The molecule has 1 amide bonds. The number of methoxy groups -OCH3 is 2. The number of amides is 1. The fraction of sp³-hybridized carbons (Fsp3) is 0.929. The third-order valence-corrected chi connectivity index (χ3v) is 9.53. The number of hydrogen-bond acceptors (Lipinski definition) is 6. The van der Waals surface area contributed by atoms with Gasteiger partial charge in [0.25, 0.3) is 0 Å². The minimum absolute atomic E-state index is 0.00742. The Labute approximate surface area is 229 Å². The van der Waals surface area contributed by atoms with E-state index in [1.165, 1.54) is 0 Å². The maximum Gasteiger partial charge on any atom is 0.392 e. The normalized spacial score (nSPS) is 38.6. The first kappa shape index (κ1) is 30.5. The van der Waals surface area contributed by atoms with Crippen LogP contribution in [0.25, 0.3) is 0 Å². The molecule has 4 aliphatic rings. The van der Waals surface area contributed by atoms with Gasteiger partial charge in [-0.3, -0.25) is 9.79 Å². The molecule has 9 atom stereocenters. The summed E-state index contributed by atoms with van der Waals surface area (Å²) >= 11 is 0. The molecule has 9 unspecified atom stereocenters. The summed E-state index contributed by atoms with van der Waals surface area (Å²) < 4.78 is 67.3. The van der Waals surface area contributed by atoms with Gasteiger partial charge in [0.15, 0.2) is 0 Å². The molecule has 1 saturated heterocycles. The number of rotatable bonds is 8. The quantitative estimate of drug-likeness (QED) is 0.387. The van der Waals surface area contributed by atoms with Gasteiger partial charge >= 0.3 is 6.18 Å². The standard InChI is InChI=1S/C28H46F4N4O3/c1-16(18-11-20(38-2)14-21(12-18)39-3)35-27(37)25-10-17(15-34-26-5-4-8-33-26)9-24(36-25)22-7-6-19(29)13-23(22)28(30,31)32/h16-25,36H,4-15H2,1-3H3,(H,33,34)(H,35,37). The fourth-order valence-corrected chi connectivity index (χ4v) is 7.27. The van der Waals surface area contributed by atoms with Gasteiger partial charge in [-0.15, -0.1) is 0 Å². The Morgan fingerprint density at radius 1 is 1.08 bits per heavy atom. The van der Waals surface area contributed by atoms with Crippen molar-refractivity contribution in [2.24, 2.45) is 28.7 Å². The second-order valence-corrected chi connectivity index (χ2v) is 12.2. The number of nitrogens with one attached hydrogen (secondary N) is 3. The number of ether oxygens (including phenoxy) is 2. The summed E-state index contributed by atoms with van der Waals surface area (Å²) in [5, 5.41) is 9.84. The Kier molecular flexibility index (Phi) is 10.5. The summed E-state index contributed by atoms with van der Waals surface area (Å²) in [5.41, 5.74) is 0. The summed E-state index contributed by atoms with van der Waals surface area (Å²) in [5.74, 6) is -1.53. The third-order valence-electron chi connectivity index (χ3n) is 9.53. The predicted molar refractivity (Wildman–Crippen MR) is 141 cm³/mol. The first-order valence-electron chi connectivity index (χ1n) is 14.7. The van der Waals surface area contributed by atoms with Crippen LogP contribution in [0.4, 0.5) is 17.6 Å². The first-order chi connectivity index (χ1) is 18.6. The van der Waals surface area contributed by atoms with Gasteiger partial charge in [0.2, 0.25) is 5.91 Å². The van der Waals surface area contributed by atoms with Crippen molar-refractivity contribution in [2.45, 2.75) is 114 Å². The highest BCUT2D eigenvalue weighted by Gasteiger charge is 2.51. The van der Waals surface area contributed by atoms with Crippen LogP contribution in [-0.2, 0) is 14.3 Å². The molecule has 0 aromatic heterocycles. The zero-order chi connectivity index (χ0) is 28.2. The molecule has 2 aliphatic heterocycles. The van der Waals surface area contributed by atoms with Crippen molar-refractivity contribution < 1.29 is 31.8 Å². The van der Waals surface area contributed by atoms with E-state index in [4.69, 9.17) is 9.47 Å². The molecule has 3 fully saturated rings. The zero-order valence-electron chi connectivity index (χ0n) is 23.4. The van der Waals surface area contributed by atoms with Crippen LogP contribution in [0.5, 0.6) is 0 Å². The van der Waals surface area contributed by atoms with Crippen LogP contribution in [0, 0.1) is 23.7 Å². The molecular formula is C28H46F4N4O3. The van der Waals surface area contributed by atoms with E-state index >= 15 is 0 Å². The Morgan fingerprint density at radius 2 is 1.79 bits per heavy atom. The van der Waals surface area contributed by atoms with Crippen LogP contribution < -0.4 is 16.0 Å². The molecule has 0 bridgehead atoms. The SMILES string of the molecule is COC1CC(OC)CC(C(C)NC(=O)C2CC(CNC3=NCCC3)CC(C3CCC(F)CC3C(F)(F)F)N2)C1. The molecule has 2 heterocycles. The lowest BCUT2D eigenvalue weighted by atomic mass is 9.70. The summed E-state index contributed by atoms with van der Waals surface area (Å²) in [6, 6.07) is -1.25. The third kappa shape index (κ3) is 8.06. The van der Waals surface area contributed by atoms with Crippen LogP contribution in [0.3, 0.4) is 0 Å². The maximum absolute atomic E-state index is 14.1. The molecule has 0 aromatic carbocycles. The number of hydrogen-bond donors (Lipinski definition) is 3. The minimum atomic E-state index is -4.47. The predicted octanol–water partition coefficient (Wildman–Crippen LogP) is 4.16. The monoisotopic (exact) mass is 562 g/mol. The Bertz CT molecular complexity index is 832. The Morgan fingerprint density at radius 3 is 2.41 bits per heavy atom. The van der Waals surface area contributed by atoms with E-state index in [1.807, 2.05) is 6.92 Å². The topological polar surface area (TPSA) is 84.0 Å². The maximum atomic E-state index is 14.1. The summed E-state index contributed by atoms with van der Waals surface area (Å²) in [7, 11) is 3.37. The lowest BCUT2D eigenvalue weighted by Crippen LogP contribution is -2.60. The lowest BCUT2D eigenvalue weighted by molar-refractivity contribution is -0.206. The molecule has 2 saturated carbocycles. The van der Waals surface area contributed by atoms with Crippen molar-refractivity contribution in [2.75, 3.05) is 27.3 Å². The molecule has 3 N–H and O–H groups in total. The highest BCUT2D eigenvalue weighted by molar-refractivity contribution is 5.83. The number of aliphatic imine (C=N–C) groups is 1. The Hall–Kier alpha value is -1.46. The summed E-state index contributed by atoms with van der Waals surface area (Å²) in [4.78, 5) is 18.0. The van der Waals surface area contributed by atoms with Gasteiger partial charge in [-0.25, -0.2) is 4.39 Å². The van der Waals surface area contributed by atoms with Crippen LogP contribution in [0.15, 0.2) is 4.99 Å². The molecule has 224 valence electrons. The van der Waals surface area contributed by atoms with E-state index in [2.05, 4.69) is 20.9 Å². The van der Waals surface area contributed by atoms with Gasteiger partial charge in [-0.2, -0.15) is 13.2 Å². The van der Waals surface area contributed by atoms with E-state index in [-0.39, 0.29) is 48.8 Å². The number of alkyl halides is 4. The number of amidine groups is 1. The second kappa shape index (κ2) is 13.5. The summed E-state index contributed by atoms with van der Waals surface area (Å²) in [6.07, 6.45) is -0.633. The van der Waals surface area contributed by atoms with Crippen LogP contribution in [0.1, 0.15) is 71.1 Å². The molecule has 39 heavy (non-hydrogen) atoms. The van der Waals surface area contributed by atoms with Crippen molar-refractivity contribution >= 4 is 11.7 Å². The van der Waals surface area contributed by atoms with Gasteiger partial charge in [0, 0.05) is 45.8 Å². The largest absolute Gasteiger partial charge is 0.392 e. The van der Waals surface area contributed by atoms with Gasteiger partial charge in [0.05, 0.1) is 30.0 Å². The number of nitrogens with zero attached hydrogens (tertiary/aromatic N) is 1. The van der Waals surface area contributed by atoms with E-state index in [0.29, 0.717) is 19.4 Å². The van der Waals surface area contributed by atoms with Crippen LogP contribution in [0.2, 0.25) is 0 Å². The number of halogens is 4. The van der Waals surface area contributed by atoms with E-state index < -0.39 is 42.7 Å². The highest BCUT2D eigenvalue weighted by Crippen LogP contribution is 2.45. The van der Waals surface area contributed by atoms with Crippen LogP contribution >= 0.6 is 0 Å². The van der Waals surface area contributed by atoms with Crippen molar-refractivity contribution in [1.29, 1.82) is 0 Å². The number of carbonyl (C=O) groups is 1. The highest BCUT2D eigenvalue weighted by atomic mass is 19.4. The van der Waals surface area contributed by atoms with Crippen molar-refractivity contribution in [3.63, 3.8) is 0 Å². The average molecular weight is 563 g/mol. The van der Waals surface area contributed by atoms with Gasteiger partial charge in [0.1, 0.15) is 6.17 Å². The lowest BCUT2D eigenvalue weighted by Gasteiger charge is -2.45. The van der Waals surface area contributed by atoms with Crippen molar-refractivity contribution in [3.8, 4) is 0 Å². The molecule has 0 spiro atoms. The van der Waals surface area contributed by atoms with E-state index in [1.54, 1.807) is 14.2 Å². The molecule has 0 aromatic rings. The number of piperidine rings is 1. The summed E-state index contributed by atoms with van der Waals surface area (Å²) in [6.45, 7) is 3.33. The van der Waals surface area contributed by atoms with Gasteiger partial charge in [-0.1, -0.05) is 0 Å². The van der Waals surface area contributed by atoms with Gasteiger partial charge in [-0.05, 0) is 82.5 Å². The van der Waals surface area contributed by atoms with E-state index in [9.17, 15) is 22.4 Å². The Balaban J connectivity index is 1.45. The zero-order valence-corrected chi connectivity index (χ0v) is 23.4. The van der Waals surface area contributed by atoms with Crippen molar-refractivity contribution in [3.05, 3.63) is 0 Å². The molecule has 2 aliphatic carbocycles. The van der Waals surface area contributed by atoms with Crippen LogP contribution in [-0.4, -0.2) is 81.7 Å². The molecule has 0 radical (unpaired) electrons. The first-order valence-corrected chi connectivity index (χ1v) is 14.7. The molecule has 7 nitrogen and oxygen atoms in total. The van der Waals surface area contributed by atoms with Gasteiger partial charge < -0.3 is 25.4 Å². The average Bonchev–Trinajstić information content (AvgIpc) is 3.44. The van der Waals surface area contributed by atoms with E-state index in [0.717, 1.165) is 44.5 Å². The molecule has 4 rings (SSSR count). The molecular weight excluding hydrogens is 516 g/mol. The fourth-order valence-electron chi connectivity index (χ4n) is 7.27. The smallest absolute Gasteiger partial charge is 0.381 e.